The molecule has 108 valence electrons. The molecule has 3 rings (SSSR count). The topological polar surface area (TPSA) is 49.8 Å². The van der Waals surface area contributed by atoms with E-state index in [2.05, 4.69) is 0 Å². The van der Waals surface area contributed by atoms with Gasteiger partial charge in [0.2, 0.25) is 0 Å². The number of amides is 1. The number of aliphatic hydroxyl groups excluding tert-OH is 1. The minimum absolute atomic E-state index is 0.0554. The Balaban J connectivity index is 1.95. The molecular weight excluding hydrogens is 266 g/mol. The summed E-state index contributed by atoms with van der Waals surface area (Å²) in [5.74, 6) is 0.682. The summed E-state index contributed by atoms with van der Waals surface area (Å²) in [5.41, 5.74) is 2.51. The summed E-state index contributed by atoms with van der Waals surface area (Å²) < 4.78 is 5.39. The number of hydrogen-bond acceptors (Lipinski definition) is 3. The van der Waals surface area contributed by atoms with Crippen LogP contribution in [0.25, 0.3) is 11.1 Å². The smallest absolute Gasteiger partial charge is 0.254 e. The van der Waals surface area contributed by atoms with E-state index < -0.39 is 0 Å². The zero-order chi connectivity index (χ0) is 14.8. The molecule has 21 heavy (non-hydrogen) atoms. The van der Waals surface area contributed by atoms with Gasteiger partial charge in [0.05, 0.1) is 13.2 Å². The van der Waals surface area contributed by atoms with Gasteiger partial charge in [-0.05, 0) is 23.8 Å². The Morgan fingerprint density at radius 1 is 1.19 bits per heavy atom. The van der Waals surface area contributed by atoms with Gasteiger partial charge >= 0.3 is 0 Å². The van der Waals surface area contributed by atoms with Crippen LogP contribution in [-0.2, 0) is 0 Å². The number of β-amino-alcohol motifs (C(OH)–C–C–N with tert-alkyl or cyclic N) is 1. The van der Waals surface area contributed by atoms with Gasteiger partial charge in [-0.15, -0.1) is 0 Å². The van der Waals surface area contributed by atoms with Gasteiger partial charge in [-0.25, -0.2) is 0 Å². The average molecular weight is 283 g/mol. The molecule has 2 aromatic rings. The number of methoxy groups -OCH3 is 1. The fourth-order valence-electron chi connectivity index (χ4n) is 2.49. The first-order valence-electron chi connectivity index (χ1n) is 6.90. The highest BCUT2D eigenvalue weighted by atomic mass is 16.5. The molecule has 0 aliphatic carbocycles. The van der Waals surface area contributed by atoms with Crippen molar-refractivity contribution >= 4 is 5.91 Å². The molecule has 2 aromatic carbocycles. The fraction of sp³-hybridized carbons (Fsp3) is 0.235. The van der Waals surface area contributed by atoms with Crippen molar-refractivity contribution in [3.8, 4) is 16.9 Å². The van der Waals surface area contributed by atoms with Gasteiger partial charge in [-0.3, -0.25) is 4.79 Å². The van der Waals surface area contributed by atoms with Crippen molar-refractivity contribution in [1.29, 1.82) is 0 Å². The normalized spacial score (nSPS) is 14.7. The van der Waals surface area contributed by atoms with Crippen molar-refractivity contribution in [2.45, 2.75) is 6.10 Å². The van der Waals surface area contributed by atoms with Crippen LogP contribution in [0, 0.1) is 0 Å². The Labute approximate surface area is 123 Å². The van der Waals surface area contributed by atoms with Crippen LogP contribution in [0.1, 0.15) is 10.4 Å². The fourth-order valence-corrected chi connectivity index (χ4v) is 2.49. The third-order valence-electron chi connectivity index (χ3n) is 3.68. The second kappa shape index (κ2) is 5.58. The summed E-state index contributed by atoms with van der Waals surface area (Å²) >= 11 is 0. The molecule has 0 saturated carbocycles. The first-order valence-corrected chi connectivity index (χ1v) is 6.90. The summed E-state index contributed by atoms with van der Waals surface area (Å²) in [6.07, 6.45) is -0.388. The summed E-state index contributed by atoms with van der Waals surface area (Å²) in [6, 6.07) is 15.3. The van der Waals surface area contributed by atoms with E-state index in [-0.39, 0.29) is 12.0 Å². The number of hydrogen-bond donors (Lipinski definition) is 1. The molecule has 0 bridgehead atoms. The molecule has 0 aromatic heterocycles. The van der Waals surface area contributed by atoms with Crippen LogP contribution < -0.4 is 4.74 Å². The third kappa shape index (κ3) is 2.62. The Kier molecular flexibility index (Phi) is 3.62. The molecular formula is C17H17NO3. The van der Waals surface area contributed by atoms with Gasteiger partial charge in [0.25, 0.3) is 5.91 Å². The molecule has 0 unspecified atom stereocenters. The van der Waals surface area contributed by atoms with Crippen LogP contribution in [-0.4, -0.2) is 42.2 Å². The van der Waals surface area contributed by atoms with Gasteiger partial charge in [-0.1, -0.05) is 30.3 Å². The van der Waals surface area contributed by atoms with Crippen molar-refractivity contribution in [1.82, 2.24) is 4.90 Å². The van der Waals surface area contributed by atoms with Crippen molar-refractivity contribution < 1.29 is 14.6 Å². The van der Waals surface area contributed by atoms with Gasteiger partial charge in [0, 0.05) is 24.2 Å². The summed E-state index contributed by atoms with van der Waals surface area (Å²) in [5, 5.41) is 9.32. The van der Waals surface area contributed by atoms with Crippen LogP contribution in [0.2, 0.25) is 0 Å². The Morgan fingerprint density at radius 3 is 2.52 bits per heavy atom. The first-order chi connectivity index (χ1) is 10.2. The molecule has 1 amide bonds. The molecule has 4 heteroatoms. The zero-order valence-electron chi connectivity index (χ0n) is 11.8. The van der Waals surface area contributed by atoms with Crippen molar-refractivity contribution in [2.75, 3.05) is 20.2 Å². The van der Waals surface area contributed by atoms with Gasteiger partial charge < -0.3 is 14.7 Å². The molecule has 0 atom stereocenters. The maximum atomic E-state index is 12.3. The molecule has 1 fully saturated rings. The largest absolute Gasteiger partial charge is 0.496 e. The minimum Gasteiger partial charge on any atom is -0.496 e. The highest BCUT2D eigenvalue weighted by molar-refractivity contribution is 5.96. The van der Waals surface area contributed by atoms with E-state index in [9.17, 15) is 9.90 Å². The maximum absolute atomic E-state index is 12.3. The highest BCUT2D eigenvalue weighted by Crippen LogP contribution is 2.31. The van der Waals surface area contributed by atoms with Crippen molar-refractivity contribution in [2.24, 2.45) is 0 Å². The van der Waals surface area contributed by atoms with E-state index >= 15 is 0 Å². The van der Waals surface area contributed by atoms with Crippen LogP contribution in [0.15, 0.2) is 48.5 Å². The van der Waals surface area contributed by atoms with E-state index in [0.29, 0.717) is 18.7 Å². The third-order valence-corrected chi connectivity index (χ3v) is 3.68. The van der Waals surface area contributed by atoms with Crippen LogP contribution in [0.3, 0.4) is 0 Å². The van der Waals surface area contributed by atoms with E-state index in [1.807, 2.05) is 42.5 Å². The number of aliphatic hydroxyl groups is 1. The number of likely N-dealkylation sites (tertiary alicyclic amines) is 1. The summed E-state index contributed by atoms with van der Waals surface area (Å²) in [7, 11) is 1.62. The lowest BCUT2D eigenvalue weighted by atomic mass is 10.0. The number of nitrogens with zero attached hydrogens (tertiary/aromatic N) is 1. The second-order valence-electron chi connectivity index (χ2n) is 5.15. The molecule has 0 radical (unpaired) electrons. The molecule has 1 aliphatic rings. The highest BCUT2D eigenvalue weighted by Gasteiger charge is 2.29. The Morgan fingerprint density at radius 2 is 1.90 bits per heavy atom. The molecule has 1 saturated heterocycles. The summed E-state index contributed by atoms with van der Waals surface area (Å²) in [6.45, 7) is 0.817. The lowest BCUT2D eigenvalue weighted by Crippen LogP contribution is -2.53. The standard InChI is InChI=1S/C17H17NO3/c1-21-16-8-7-13(17(20)18-10-14(19)11-18)9-15(16)12-5-3-2-4-6-12/h2-9,14,19H,10-11H2,1H3. The molecule has 1 heterocycles. The molecule has 1 N–H and O–H groups in total. The van der Waals surface area contributed by atoms with Gasteiger partial charge in [-0.2, -0.15) is 0 Å². The average Bonchev–Trinajstić information content (AvgIpc) is 2.51. The predicted octanol–water partition coefficient (Wildman–Crippen LogP) is 2.18. The predicted molar refractivity (Wildman–Crippen MR) is 80.3 cm³/mol. The zero-order valence-corrected chi connectivity index (χ0v) is 11.8. The minimum atomic E-state index is -0.388. The van der Waals surface area contributed by atoms with Gasteiger partial charge in [0.15, 0.2) is 0 Å². The number of carbonyl (C=O) groups excluding carboxylic acids is 1. The Hall–Kier alpha value is -2.33. The first kappa shape index (κ1) is 13.6. The van der Waals surface area contributed by atoms with Crippen LogP contribution >= 0.6 is 0 Å². The van der Waals surface area contributed by atoms with Crippen molar-refractivity contribution in [3.63, 3.8) is 0 Å². The molecule has 1 aliphatic heterocycles. The van der Waals surface area contributed by atoms with E-state index in [1.54, 1.807) is 18.1 Å². The lowest BCUT2D eigenvalue weighted by Gasteiger charge is -2.36. The van der Waals surface area contributed by atoms with Crippen LogP contribution in [0.5, 0.6) is 5.75 Å². The quantitative estimate of drug-likeness (QED) is 0.939. The lowest BCUT2D eigenvalue weighted by molar-refractivity contribution is 0.00589. The SMILES string of the molecule is COc1ccc(C(=O)N2CC(O)C2)cc1-c1ccccc1. The number of benzene rings is 2. The number of rotatable bonds is 3. The second-order valence-corrected chi connectivity index (χ2v) is 5.15. The summed E-state index contributed by atoms with van der Waals surface area (Å²) in [4.78, 5) is 14.0. The monoisotopic (exact) mass is 283 g/mol. The van der Waals surface area contributed by atoms with Gasteiger partial charge in [0.1, 0.15) is 5.75 Å². The maximum Gasteiger partial charge on any atom is 0.254 e. The number of carbonyl (C=O) groups is 1. The Bertz CT molecular complexity index is 648. The van der Waals surface area contributed by atoms with E-state index in [1.165, 1.54) is 0 Å². The van der Waals surface area contributed by atoms with E-state index in [0.717, 1.165) is 16.9 Å². The van der Waals surface area contributed by atoms with E-state index in [4.69, 9.17) is 4.74 Å². The number of ether oxygens (including phenoxy) is 1. The van der Waals surface area contributed by atoms with Crippen LogP contribution in [0.4, 0.5) is 0 Å². The molecule has 0 spiro atoms. The molecule has 4 nitrogen and oxygen atoms in total. The van der Waals surface area contributed by atoms with Crippen molar-refractivity contribution in [3.05, 3.63) is 54.1 Å².